The minimum Gasteiger partial charge on any atom is -0.0622 e. The van der Waals surface area contributed by atoms with Crippen LogP contribution in [0.2, 0.25) is 0 Å². The molecule has 0 aromatic heterocycles. The molecule has 0 atom stereocenters. The molecule has 11 aromatic carbocycles. The van der Waals surface area contributed by atoms with Crippen LogP contribution in [0.5, 0.6) is 0 Å². The predicted octanol–water partition coefficient (Wildman–Crippen LogP) is 15.8. The molecule has 11 rings (SSSR count). The van der Waals surface area contributed by atoms with E-state index in [1.807, 2.05) is 0 Å². The van der Waals surface area contributed by atoms with Crippen LogP contribution in [0.15, 0.2) is 218 Å². The Kier molecular flexibility index (Phi) is 7.60. The van der Waals surface area contributed by atoms with Gasteiger partial charge in [-0.25, -0.2) is 0 Å². The Morgan fingerprint density at radius 3 is 0.911 bits per heavy atom. The van der Waals surface area contributed by atoms with Crippen LogP contribution in [-0.2, 0) is 0 Å². The molecule has 0 fully saturated rings. The molecule has 0 unspecified atom stereocenters. The van der Waals surface area contributed by atoms with E-state index in [4.69, 9.17) is 0 Å². The molecular weight excluding hydrogens is 673 g/mol. The van der Waals surface area contributed by atoms with Gasteiger partial charge in [-0.1, -0.05) is 200 Å². The zero-order valence-corrected chi connectivity index (χ0v) is 30.8. The van der Waals surface area contributed by atoms with Gasteiger partial charge in [0, 0.05) is 0 Å². The smallest absolute Gasteiger partial charge is 0.00199 e. The van der Waals surface area contributed by atoms with E-state index in [1.165, 1.54) is 109 Å². The van der Waals surface area contributed by atoms with Gasteiger partial charge in [0.15, 0.2) is 0 Å². The van der Waals surface area contributed by atoms with Gasteiger partial charge in [0.25, 0.3) is 0 Å². The van der Waals surface area contributed by atoms with Crippen molar-refractivity contribution in [3.63, 3.8) is 0 Å². The maximum atomic E-state index is 2.43. The van der Waals surface area contributed by atoms with E-state index >= 15 is 0 Å². The molecule has 0 aliphatic rings. The van der Waals surface area contributed by atoms with Gasteiger partial charge in [0.1, 0.15) is 0 Å². The van der Waals surface area contributed by atoms with E-state index in [0.29, 0.717) is 0 Å². The van der Waals surface area contributed by atoms with Crippen molar-refractivity contribution in [1.29, 1.82) is 0 Å². The number of benzene rings is 11. The molecule has 0 aliphatic heterocycles. The fraction of sp³-hybridized carbons (Fsp3) is 0. The van der Waals surface area contributed by atoms with Crippen molar-refractivity contribution in [2.75, 3.05) is 0 Å². The lowest BCUT2D eigenvalue weighted by Crippen LogP contribution is -1.94. The number of fused-ring (bicyclic) bond motifs is 5. The van der Waals surface area contributed by atoms with E-state index in [1.54, 1.807) is 0 Å². The quantitative estimate of drug-likeness (QED) is 0.156. The van der Waals surface area contributed by atoms with Gasteiger partial charge in [0.05, 0.1) is 0 Å². The molecule has 0 spiro atoms. The summed E-state index contributed by atoms with van der Waals surface area (Å²) in [5.41, 5.74) is 12.5. The van der Waals surface area contributed by atoms with Gasteiger partial charge in [-0.3, -0.25) is 0 Å². The molecule has 0 saturated carbocycles. The molecule has 0 N–H and O–H groups in total. The Hall–Kier alpha value is -7.28. The van der Waals surface area contributed by atoms with E-state index < -0.39 is 0 Å². The predicted molar refractivity (Wildman–Crippen MR) is 241 cm³/mol. The van der Waals surface area contributed by atoms with Crippen molar-refractivity contribution >= 4 is 53.9 Å². The van der Waals surface area contributed by atoms with Crippen molar-refractivity contribution < 1.29 is 0 Å². The Labute approximate surface area is 326 Å². The average molecular weight is 709 g/mol. The number of rotatable bonds is 5. The SMILES string of the molecule is c1ccc(-c2cc3ccccc3cc2-c2c3ccccc3c(-c3cccc(-c4c5ccccc5c(-c5ccccc5)c5ccccc45)c3)c3ccccc23)cc1. The molecule has 0 heterocycles. The third kappa shape index (κ3) is 5.15. The monoisotopic (exact) mass is 708 g/mol. The summed E-state index contributed by atoms with van der Waals surface area (Å²) in [6, 6.07) is 80.3. The maximum Gasteiger partial charge on any atom is -0.00199 e. The molecule has 11 aromatic rings. The molecule has 0 aliphatic carbocycles. The average Bonchev–Trinajstić information content (AvgIpc) is 3.27. The second kappa shape index (κ2) is 13.2. The van der Waals surface area contributed by atoms with Crippen LogP contribution in [0, 0.1) is 0 Å². The van der Waals surface area contributed by atoms with Crippen LogP contribution in [0.4, 0.5) is 0 Å². The molecule has 0 saturated heterocycles. The Morgan fingerprint density at radius 1 is 0.179 bits per heavy atom. The third-order valence-corrected chi connectivity index (χ3v) is 11.6. The molecule has 0 radical (unpaired) electrons. The fourth-order valence-electron chi connectivity index (χ4n) is 9.22. The lowest BCUT2D eigenvalue weighted by Gasteiger charge is -2.21. The second-order valence-corrected chi connectivity index (χ2v) is 14.7. The number of hydrogen-bond acceptors (Lipinski definition) is 0. The first-order valence-electron chi connectivity index (χ1n) is 19.4. The summed E-state index contributed by atoms with van der Waals surface area (Å²) >= 11 is 0. The van der Waals surface area contributed by atoms with Crippen LogP contribution < -0.4 is 0 Å². The van der Waals surface area contributed by atoms with Gasteiger partial charge in [-0.15, -0.1) is 0 Å². The van der Waals surface area contributed by atoms with Crippen molar-refractivity contribution in [1.82, 2.24) is 0 Å². The summed E-state index contributed by atoms with van der Waals surface area (Å²) in [7, 11) is 0. The Bertz CT molecular complexity index is 3170. The lowest BCUT2D eigenvalue weighted by atomic mass is 9.82. The van der Waals surface area contributed by atoms with Crippen LogP contribution in [0.25, 0.3) is 109 Å². The molecule has 0 nitrogen and oxygen atoms in total. The first kappa shape index (κ1) is 32.2. The molecular formula is C56H36. The van der Waals surface area contributed by atoms with Gasteiger partial charge in [-0.05, 0) is 128 Å². The topological polar surface area (TPSA) is 0 Å². The minimum absolute atomic E-state index is 1.21. The summed E-state index contributed by atoms with van der Waals surface area (Å²) in [5, 5.41) is 12.5. The highest BCUT2D eigenvalue weighted by molar-refractivity contribution is 6.24. The number of hydrogen-bond donors (Lipinski definition) is 0. The maximum absolute atomic E-state index is 2.43. The van der Waals surface area contributed by atoms with Crippen LogP contribution in [0.3, 0.4) is 0 Å². The van der Waals surface area contributed by atoms with Gasteiger partial charge >= 0.3 is 0 Å². The third-order valence-electron chi connectivity index (χ3n) is 11.6. The van der Waals surface area contributed by atoms with Gasteiger partial charge in [-0.2, -0.15) is 0 Å². The summed E-state index contributed by atoms with van der Waals surface area (Å²) in [6.07, 6.45) is 0. The van der Waals surface area contributed by atoms with Crippen molar-refractivity contribution in [2.24, 2.45) is 0 Å². The van der Waals surface area contributed by atoms with E-state index in [0.717, 1.165) is 0 Å². The first-order valence-corrected chi connectivity index (χ1v) is 19.4. The van der Waals surface area contributed by atoms with E-state index in [9.17, 15) is 0 Å². The summed E-state index contributed by atoms with van der Waals surface area (Å²) in [6.45, 7) is 0. The largest absolute Gasteiger partial charge is 0.0622 e. The van der Waals surface area contributed by atoms with E-state index in [2.05, 4.69) is 218 Å². The molecule has 0 bridgehead atoms. The second-order valence-electron chi connectivity index (χ2n) is 14.7. The van der Waals surface area contributed by atoms with Gasteiger partial charge < -0.3 is 0 Å². The van der Waals surface area contributed by atoms with Crippen LogP contribution >= 0.6 is 0 Å². The molecule has 0 amide bonds. The van der Waals surface area contributed by atoms with Crippen molar-refractivity contribution in [2.45, 2.75) is 0 Å². The highest BCUT2D eigenvalue weighted by Gasteiger charge is 2.21. The zero-order valence-electron chi connectivity index (χ0n) is 30.8. The molecule has 56 heavy (non-hydrogen) atoms. The Balaban J connectivity index is 1.20. The zero-order chi connectivity index (χ0) is 37.0. The standard InChI is InChI=1S/C56H36/c1-3-18-37(19-4-1)51-35-39-22-7-8-23-40(39)36-52(51)56-49-32-15-13-30-47(49)55(48-31-14-16-33-50(48)56)42-25-17-24-41(34-42)54-45-28-11-9-26-43(45)53(38-20-5-2-6-21-38)44-27-10-12-29-46(44)54/h1-36H. The highest BCUT2D eigenvalue weighted by atomic mass is 14.2. The molecule has 0 heteroatoms. The lowest BCUT2D eigenvalue weighted by molar-refractivity contribution is 1.62. The highest BCUT2D eigenvalue weighted by Crippen LogP contribution is 2.49. The Morgan fingerprint density at radius 2 is 0.482 bits per heavy atom. The van der Waals surface area contributed by atoms with Crippen LogP contribution in [-0.4, -0.2) is 0 Å². The molecule has 260 valence electrons. The van der Waals surface area contributed by atoms with Crippen molar-refractivity contribution in [3.8, 4) is 55.6 Å². The van der Waals surface area contributed by atoms with Crippen molar-refractivity contribution in [3.05, 3.63) is 218 Å². The summed E-state index contributed by atoms with van der Waals surface area (Å²) < 4.78 is 0. The normalized spacial score (nSPS) is 11.6. The minimum atomic E-state index is 1.21. The van der Waals surface area contributed by atoms with E-state index in [-0.39, 0.29) is 0 Å². The summed E-state index contributed by atoms with van der Waals surface area (Å²) in [5.74, 6) is 0. The van der Waals surface area contributed by atoms with Gasteiger partial charge in [0.2, 0.25) is 0 Å². The van der Waals surface area contributed by atoms with Crippen LogP contribution in [0.1, 0.15) is 0 Å². The first-order chi connectivity index (χ1) is 27.8. The summed E-state index contributed by atoms with van der Waals surface area (Å²) in [4.78, 5) is 0. The fourth-order valence-corrected chi connectivity index (χ4v) is 9.22.